The first-order valence-electron chi connectivity index (χ1n) is 6.10. The number of pyridine rings is 1. The number of hydrogen-bond donors (Lipinski definition) is 1. The van der Waals surface area contributed by atoms with Crippen molar-refractivity contribution in [3.63, 3.8) is 0 Å². The van der Waals surface area contributed by atoms with E-state index in [0.29, 0.717) is 0 Å². The Morgan fingerprint density at radius 3 is 2.53 bits per heavy atom. The van der Waals surface area contributed by atoms with Crippen molar-refractivity contribution in [3.8, 4) is 11.5 Å². The Labute approximate surface area is 120 Å². The highest BCUT2D eigenvalue weighted by atomic mass is 79.9. The molecule has 0 saturated heterocycles. The highest BCUT2D eigenvalue weighted by Gasteiger charge is 2.17. The summed E-state index contributed by atoms with van der Waals surface area (Å²) in [6.07, 6.45) is 0. The molecular formula is C14H15BrN2O2. The normalized spacial score (nSPS) is 13.9. The SMILES string of the molecule is CC(C)(C)Nc1nc2cc3c(cc2cc1Br)OCO3. The van der Waals surface area contributed by atoms with Gasteiger partial charge in [0.1, 0.15) is 5.82 Å². The molecule has 0 bridgehead atoms. The third kappa shape index (κ3) is 2.47. The molecular weight excluding hydrogens is 308 g/mol. The Balaban J connectivity index is 2.11. The molecule has 0 unspecified atom stereocenters. The Morgan fingerprint density at radius 2 is 1.84 bits per heavy atom. The van der Waals surface area contributed by atoms with Crippen LogP contribution >= 0.6 is 15.9 Å². The molecule has 1 aromatic carbocycles. The fourth-order valence-corrected chi connectivity index (χ4v) is 2.42. The van der Waals surface area contributed by atoms with Crippen LogP contribution in [0.1, 0.15) is 20.8 Å². The van der Waals surface area contributed by atoms with Gasteiger partial charge in [-0.2, -0.15) is 0 Å². The summed E-state index contributed by atoms with van der Waals surface area (Å²) in [7, 11) is 0. The molecule has 0 saturated carbocycles. The highest BCUT2D eigenvalue weighted by Crippen LogP contribution is 2.37. The van der Waals surface area contributed by atoms with E-state index in [0.717, 1.165) is 32.7 Å². The first-order chi connectivity index (χ1) is 8.92. The first-order valence-corrected chi connectivity index (χ1v) is 6.90. The lowest BCUT2D eigenvalue weighted by Crippen LogP contribution is -2.26. The lowest BCUT2D eigenvalue weighted by atomic mass is 10.1. The van der Waals surface area contributed by atoms with Crippen molar-refractivity contribution in [2.45, 2.75) is 26.3 Å². The number of anilines is 1. The van der Waals surface area contributed by atoms with Gasteiger partial charge in [0.05, 0.1) is 9.99 Å². The van der Waals surface area contributed by atoms with Crippen LogP contribution in [-0.4, -0.2) is 17.3 Å². The van der Waals surface area contributed by atoms with Gasteiger partial charge < -0.3 is 14.8 Å². The minimum atomic E-state index is -0.0421. The van der Waals surface area contributed by atoms with E-state index in [4.69, 9.17) is 9.47 Å². The van der Waals surface area contributed by atoms with Gasteiger partial charge in [0.25, 0.3) is 0 Å². The van der Waals surface area contributed by atoms with Crippen molar-refractivity contribution in [1.29, 1.82) is 0 Å². The van der Waals surface area contributed by atoms with Crippen molar-refractivity contribution < 1.29 is 9.47 Å². The van der Waals surface area contributed by atoms with Crippen LogP contribution in [0.4, 0.5) is 5.82 Å². The third-order valence-electron chi connectivity index (χ3n) is 2.76. The molecule has 0 atom stereocenters. The van der Waals surface area contributed by atoms with E-state index in [2.05, 4.69) is 47.0 Å². The van der Waals surface area contributed by atoms with Crippen molar-refractivity contribution in [2.24, 2.45) is 0 Å². The van der Waals surface area contributed by atoms with Crippen LogP contribution in [0.5, 0.6) is 11.5 Å². The van der Waals surface area contributed by atoms with E-state index in [-0.39, 0.29) is 12.3 Å². The smallest absolute Gasteiger partial charge is 0.231 e. The topological polar surface area (TPSA) is 43.4 Å². The minimum Gasteiger partial charge on any atom is -0.454 e. The van der Waals surface area contributed by atoms with Crippen LogP contribution in [0.2, 0.25) is 0 Å². The molecule has 100 valence electrons. The molecule has 1 aromatic heterocycles. The van der Waals surface area contributed by atoms with Crippen molar-refractivity contribution in [3.05, 3.63) is 22.7 Å². The molecule has 0 aliphatic carbocycles. The summed E-state index contributed by atoms with van der Waals surface area (Å²) in [4.78, 5) is 4.64. The quantitative estimate of drug-likeness (QED) is 0.863. The minimum absolute atomic E-state index is 0.0421. The van der Waals surface area contributed by atoms with E-state index in [1.165, 1.54) is 0 Å². The molecule has 0 amide bonds. The van der Waals surface area contributed by atoms with Crippen LogP contribution in [0.25, 0.3) is 10.9 Å². The zero-order valence-corrected chi connectivity index (χ0v) is 12.7. The fraction of sp³-hybridized carbons (Fsp3) is 0.357. The maximum Gasteiger partial charge on any atom is 0.231 e. The lowest BCUT2D eigenvalue weighted by Gasteiger charge is -2.22. The molecule has 2 aromatic rings. The van der Waals surface area contributed by atoms with E-state index in [9.17, 15) is 0 Å². The van der Waals surface area contributed by atoms with Crippen molar-refractivity contribution in [2.75, 3.05) is 12.1 Å². The highest BCUT2D eigenvalue weighted by molar-refractivity contribution is 9.10. The monoisotopic (exact) mass is 322 g/mol. The Hall–Kier alpha value is -1.49. The number of benzene rings is 1. The van der Waals surface area contributed by atoms with Gasteiger partial charge in [-0.15, -0.1) is 0 Å². The summed E-state index contributed by atoms with van der Waals surface area (Å²) in [5.41, 5.74) is 0.846. The molecule has 2 heterocycles. The van der Waals surface area contributed by atoms with Crippen LogP contribution in [0.15, 0.2) is 22.7 Å². The average molecular weight is 323 g/mol. The van der Waals surface area contributed by atoms with Crippen molar-refractivity contribution >= 4 is 32.7 Å². The molecule has 1 aliphatic heterocycles. The number of halogens is 1. The van der Waals surface area contributed by atoms with E-state index < -0.39 is 0 Å². The third-order valence-corrected chi connectivity index (χ3v) is 3.36. The zero-order valence-electron chi connectivity index (χ0n) is 11.1. The second-order valence-corrected chi connectivity index (χ2v) is 6.45. The largest absolute Gasteiger partial charge is 0.454 e. The maximum absolute atomic E-state index is 5.38. The lowest BCUT2D eigenvalue weighted by molar-refractivity contribution is 0.174. The van der Waals surface area contributed by atoms with Gasteiger partial charge >= 0.3 is 0 Å². The number of nitrogens with zero attached hydrogens (tertiary/aromatic N) is 1. The van der Waals surface area contributed by atoms with Crippen molar-refractivity contribution in [1.82, 2.24) is 4.98 Å². The molecule has 0 radical (unpaired) electrons. The molecule has 1 aliphatic rings. The zero-order chi connectivity index (χ0) is 13.6. The number of ether oxygens (including phenoxy) is 2. The van der Waals surface area contributed by atoms with Gasteiger partial charge in [-0.3, -0.25) is 0 Å². The number of rotatable bonds is 1. The van der Waals surface area contributed by atoms with E-state index >= 15 is 0 Å². The average Bonchev–Trinajstić information content (AvgIpc) is 2.72. The van der Waals surface area contributed by atoms with Gasteiger partial charge in [-0.05, 0) is 48.8 Å². The summed E-state index contributed by atoms with van der Waals surface area (Å²) in [6, 6.07) is 5.91. The Bertz CT molecular complexity index is 650. The Morgan fingerprint density at radius 1 is 1.16 bits per heavy atom. The molecule has 0 spiro atoms. The van der Waals surface area contributed by atoms with Crippen LogP contribution in [0.3, 0.4) is 0 Å². The van der Waals surface area contributed by atoms with E-state index in [1.807, 2.05) is 18.2 Å². The van der Waals surface area contributed by atoms with Gasteiger partial charge in [-0.25, -0.2) is 4.98 Å². The summed E-state index contributed by atoms with van der Waals surface area (Å²) in [6.45, 7) is 6.58. The molecule has 1 N–H and O–H groups in total. The maximum atomic E-state index is 5.38. The second kappa shape index (κ2) is 4.27. The van der Waals surface area contributed by atoms with Gasteiger partial charge in [-0.1, -0.05) is 0 Å². The van der Waals surface area contributed by atoms with Crippen LogP contribution in [0, 0.1) is 0 Å². The first kappa shape index (κ1) is 12.5. The summed E-state index contributed by atoms with van der Waals surface area (Å²) < 4.78 is 11.7. The Kier molecular flexibility index (Phi) is 2.82. The summed E-state index contributed by atoms with van der Waals surface area (Å²) in [5.74, 6) is 2.36. The van der Waals surface area contributed by atoms with Crippen LogP contribution < -0.4 is 14.8 Å². The molecule has 5 heteroatoms. The number of hydrogen-bond acceptors (Lipinski definition) is 4. The van der Waals surface area contributed by atoms with Gasteiger partial charge in [0, 0.05) is 17.0 Å². The molecule has 19 heavy (non-hydrogen) atoms. The number of fused-ring (bicyclic) bond motifs is 2. The number of nitrogens with one attached hydrogen (secondary N) is 1. The molecule has 4 nitrogen and oxygen atoms in total. The van der Waals surface area contributed by atoms with Crippen LogP contribution in [-0.2, 0) is 0 Å². The van der Waals surface area contributed by atoms with Gasteiger partial charge in [0.15, 0.2) is 11.5 Å². The number of aromatic nitrogens is 1. The van der Waals surface area contributed by atoms with E-state index in [1.54, 1.807) is 0 Å². The predicted octanol–water partition coefficient (Wildman–Crippen LogP) is 3.94. The molecule has 3 rings (SSSR count). The fourth-order valence-electron chi connectivity index (χ4n) is 1.98. The molecule has 0 fully saturated rings. The predicted molar refractivity (Wildman–Crippen MR) is 78.9 cm³/mol. The second-order valence-electron chi connectivity index (χ2n) is 5.59. The summed E-state index contributed by atoms with van der Waals surface area (Å²) in [5, 5.41) is 4.40. The van der Waals surface area contributed by atoms with Gasteiger partial charge in [0.2, 0.25) is 6.79 Å². The standard InChI is InChI=1S/C14H15BrN2O2/c1-14(2,3)17-13-9(15)4-8-5-11-12(19-7-18-11)6-10(8)16-13/h4-6H,7H2,1-3H3,(H,16,17). The summed E-state index contributed by atoms with van der Waals surface area (Å²) >= 11 is 3.55.